The van der Waals surface area contributed by atoms with Gasteiger partial charge in [0.15, 0.2) is 5.78 Å². The third-order valence-electron chi connectivity index (χ3n) is 9.04. The van der Waals surface area contributed by atoms with Gasteiger partial charge in [-0.1, -0.05) is 13.8 Å². The van der Waals surface area contributed by atoms with Crippen LogP contribution >= 0.6 is 23.2 Å². The number of Topliss-reactive ketones (excluding diaryl/α,β-unsaturated/α-hetero) is 2. The summed E-state index contributed by atoms with van der Waals surface area (Å²) in [6.45, 7) is 6.07. The molecule has 0 amide bonds. The fourth-order valence-electron chi connectivity index (χ4n) is 7.81. The fraction of sp³-hybridized carbons (Fsp3) is 0.905. The maximum atomic E-state index is 12.3. The SMILES string of the molecule is CC(=O)[C@H]1CC[C@H]2[C@@H]3CCC4(Cl)C(Cl)C(=O)CC[C@]4(C)[C@H]3[C@H](O)C[C@]12C. The summed E-state index contributed by atoms with van der Waals surface area (Å²) in [5.41, 5.74) is -0.452. The molecule has 0 radical (unpaired) electrons. The van der Waals surface area contributed by atoms with Crippen LogP contribution in [-0.4, -0.2) is 33.0 Å². The predicted molar refractivity (Wildman–Crippen MR) is 102 cm³/mol. The smallest absolute Gasteiger partial charge is 0.152 e. The van der Waals surface area contributed by atoms with Gasteiger partial charge in [-0.3, -0.25) is 9.59 Å². The second-order valence-corrected chi connectivity index (χ2v) is 11.1. The van der Waals surface area contributed by atoms with E-state index in [2.05, 4.69) is 13.8 Å². The molecule has 0 bridgehead atoms. The molecule has 2 unspecified atom stereocenters. The maximum absolute atomic E-state index is 12.3. The van der Waals surface area contributed by atoms with Crippen molar-refractivity contribution in [2.75, 3.05) is 0 Å². The second kappa shape index (κ2) is 5.94. The minimum Gasteiger partial charge on any atom is -0.393 e. The monoisotopic (exact) mass is 400 g/mol. The molecule has 0 aromatic heterocycles. The molecule has 0 aromatic rings. The van der Waals surface area contributed by atoms with Gasteiger partial charge in [-0.2, -0.15) is 0 Å². The summed E-state index contributed by atoms with van der Waals surface area (Å²) in [4.78, 5) is 23.7. The molecule has 4 aliphatic carbocycles. The van der Waals surface area contributed by atoms with Crippen molar-refractivity contribution in [3.63, 3.8) is 0 Å². The molecule has 0 aliphatic heterocycles. The third kappa shape index (κ3) is 2.23. The zero-order chi connectivity index (χ0) is 19.1. The van der Waals surface area contributed by atoms with Crippen molar-refractivity contribution in [2.45, 2.75) is 82.1 Å². The lowest BCUT2D eigenvalue weighted by Gasteiger charge is -2.65. The summed E-state index contributed by atoms with van der Waals surface area (Å²) in [5.74, 6) is 1.25. The molecular weight excluding hydrogens is 371 g/mol. The van der Waals surface area contributed by atoms with Crippen LogP contribution in [0.4, 0.5) is 0 Å². The summed E-state index contributed by atoms with van der Waals surface area (Å²) in [5, 5.41) is 10.6. The van der Waals surface area contributed by atoms with Crippen LogP contribution in [0.15, 0.2) is 0 Å². The molecule has 4 saturated carbocycles. The van der Waals surface area contributed by atoms with Crippen LogP contribution in [0.3, 0.4) is 0 Å². The largest absolute Gasteiger partial charge is 0.393 e. The van der Waals surface area contributed by atoms with Crippen molar-refractivity contribution in [1.82, 2.24) is 0 Å². The Hall–Kier alpha value is -0.120. The molecule has 5 heteroatoms. The van der Waals surface area contributed by atoms with Gasteiger partial charge in [-0.25, -0.2) is 0 Å². The predicted octanol–water partition coefficient (Wildman–Crippen LogP) is 4.35. The van der Waals surface area contributed by atoms with E-state index in [0.717, 1.165) is 25.7 Å². The lowest BCUT2D eigenvalue weighted by Crippen LogP contribution is -2.67. The average molecular weight is 401 g/mol. The van der Waals surface area contributed by atoms with Crippen LogP contribution in [0.25, 0.3) is 0 Å². The summed E-state index contributed by atoms with van der Waals surface area (Å²) >= 11 is 13.6. The van der Waals surface area contributed by atoms with E-state index in [9.17, 15) is 14.7 Å². The molecule has 1 N–H and O–H groups in total. The Kier molecular flexibility index (Phi) is 4.39. The first kappa shape index (κ1) is 19.2. The Labute approximate surface area is 166 Å². The number of fused-ring (bicyclic) bond motifs is 5. The number of hydrogen-bond acceptors (Lipinski definition) is 3. The second-order valence-electron chi connectivity index (χ2n) is 9.96. The van der Waals surface area contributed by atoms with Crippen LogP contribution in [0, 0.1) is 34.5 Å². The Morgan fingerprint density at radius 1 is 1.19 bits per heavy atom. The minimum atomic E-state index is -0.766. The van der Waals surface area contributed by atoms with Crippen LogP contribution in [0.2, 0.25) is 0 Å². The van der Waals surface area contributed by atoms with Gasteiger partial charge < -0.3 is 5.11 Å². The van der Waals surface area contributed by atoms with Gasteiger partial charge >= 0.3 is 0 Å². The van der Waals surface area contributed by atoms with Crippen LogP contribution in [-0.2, 0) is 9.59 Å². The summed E-state index contributed by atoms with van der Waals surface area (Å²) in [6, 6.07) is 0. The number of hydrogen-bond donors (Lipinski definition) is 1. The van der Waals surface area contributed by atoms with Gasteiger partial charge in [0.1, 0.15) is 11.2 Å². The highest BCUT2D eigenvalue weighted by Gasteiger charge is 2.69. The molecule has 4 aliphatic rings. The van der Waals surface area contributed by atoms with Gasteiger partial charge in [0, 0.05) is 12.3 Å². The van der Waals surface area contributed by atoms with Crippen molar-refractivity contribution in [2.24, 2.45) is 34.5 Å². The number of halogens is 2. The van der Waals surface area contributed by atoms with E-state index in [1.54, 1.807) is 6.92 Å². The van der Waals surface area contributed by atoms with E-state index in [4.69, 9.17) is 23.2 Å². The summed E-state index contributed by atoms with van der Waals surface area (Å²) in [6.07, 6.45) is 4.94. The van der Waals surface area contributed by atoms with E-state index in [-0.39, 0.29) is 34.2 Å². The van der Waals surface area contributed by atoms with Gasteiger partial charge in [-0.15, -0.1) is 23.2 Å². The lowest BCUT2D eigenvalue weighted by atomic mass is 9.43. The van der Waals surface area contributed by atoms with E-state index in [0.29, 0.717) is 31.1 Å². The molecule has 9 atom stereocenters. The molecule has 4 rings (SSSR count). The quantitative estimate of drug-likeness (QED) is 0.665. The standard InChI is InChI=1S/C21H30Cl2O3/c1-11(24)13-4-5-14-12-6-9-21(23)18(22)15(25)7-8-20(21,3)17(12)16(26)10-19(13,14)2/h12-14,16-18,26H,4-10H2,1-3H3/t12-,13+,14-,16+,17+,18?,19+,20+,21?/m0/s1. The van der Waals surface area contributed by atoms with Gasteiger partial charge in [0.2, 0.25) is 0 Å². The molecule has 146 valence electrons. The number of carbonyl (C=O) groups is 2. The highest BCUT2D eigenvalue weighted by atomic mass is 35.5. The molecule has 3 nitrogen and oxygen atoms in total. The molecule has 0 aromatic carbocycles. The van der Waals surface area contributed by atoms with Crippen LogP contribution in [0.1, 0.15) is 65.7 Å². The number of alkyl halides is 2. The minimum absolute atomic E-state index is 0.0465. The first-order valence-corrected chi connectivity index (χ1v) is 10.9. The number of ketones is 2. The van der Waals surface area contributed by atoms with E-state index < -0.39 is 16.4 Å². The van der Waals surface area contributed by atoms with E-state index >= 15 is 0 Å². The molecular formula is C21H30Cl2O3. The Morgan fingerprint density at radius 3 is 2.54 bits per heavy atom. The number of rotatable bonds is 1. The van der Waals surface area contributed by atoms with Crippen molar-refractivity contribution < 1.29 is 14.7 Å². The van der Waals surface area contributed by atoms with Crippen molar-refractivity contribution in [3.8, 4) is 0 Å². The van der Waals surface area contributed by atoms with Gasteiger partial charge in [0.25, 0.3) is 0 Å². The summed E-state index contributed by atoms with van der Waals surface area (Å²) < 4.78 is 0. The number of aliphatic hydroxyl groups excluding tert-OH is 1. The van der Waals surface area contributed by atoms with Crippen molar-refractivity contribution in [1.29, 1.82) is 0 Å². The first-order chi connectivity index (χ1) is 12.1. The molecule has 4 fully saturated rings. The molecule has 0 spiro atoms. The van der Waals surface area contributed by atoms with Gasteiger partial charge in [0.05, 0.1) is 11.0 Å². The highest BCUT2D eigenvalue weighted by Crippen LogP contribution is 2.69. The van der Waals surface area contributed by atoms with E-state index in [1.165, 1.54) is 0 Å². The highest BCUT2D eigenvalue weighted by molar-refractivity contribution is 6.40. The van der Waals surface area contributed by atoms with Crippen LogP contribution in [0.5, 0.6) is 0 Å². The third-order valence-corrected chi connectivity index (χ3v) is 10.6. The van der Waals surface area contributed by atoms with Crippen molar-refractivity contribution >= 4 is 34.8 Å². The summed E-state index contributed by atoms with van der Waals surface area (Å²) in [7, 11) is 0. The topological polar surface area (TPSA) is 54.4 Å². The molecule has 0 saturated heterocycles. The van der Waals surface area contributed by atoms with Gasteiger partial charge in [-0.05, 0) is 74.0 Å². The molecule has 0 heterocycles. The number of carbonyl (C=O) groups excluding carboxylic acids is 2. The Morgan fingerprint density at radius 2 is 1.88 bits per heavy atom. The maximum Gasteiger partial charge on any atom is 0.152 e. The molecule has 26 heavy (non-hydrogen) atoms. The Balaban J connectivity index is 1.74. The van der Waals surface area contributed by atoms with Crippen molar-refractivity contribution in [3.05, 3.63) is 0 Å². The first-order valence-electron chi connectivity index (χ1n) is 10.1. The average Bonchev–Trinajstić information content (AvgIpc) is 2.90. The normalized spacial score (nSPS) is 56.5. The zero-order valence-electron chi connectivity index (χ0n) is 15.9. The lowest BCUT2D eigenvalue weighted by molar-refractivity contribution is -0.167. The number of aliphatic hydroxyl groups is 1. The fourth-order valence-corrected chi connectivity index (χ4v) is 8.73. The van der Waals surface area contributed by atoms with Crippen LogP contribution < -0.4 is 0 Å². The zero-order valence-corrected chi connectivity index (χ0v) is 17.4. The van der Waals surface area contributed by atoms with E-state index in [1.807, 2.05) is 0 Å². The Bertz CT molecular complexity index is 651.